The number of nitrogens with zero attached hydrogens (tertiary/aromatic N) is 3. The summed E-state index contributed by atoms with van der Waals surface area (Å²) < 4.78 is 53.7. The standard InChI is InChI=1S/C37H38N4O4S2/c1-46(42,43)41(23-22-40-20-8-9-21-40)30-17-15-28(16-18-30)33-25-38-37-36(35(33)29-10-4-2-5-11-29)32-24-27(14-19-34(32)39-37)26-47(44,45)31-12-6-3-7-13-31/h2-4,6-7,10,12-19,24-25H,5,8-9,11,20-23,26H2,1H3,(H,38,39). The number of nitrogens with one attached hydrogen (secondary N) is 1. The Bertz CT molecular complexity index is 2220. The SMILES string of the molecule is CS(=O)(=O)N(CCN1CCCC1)c1ccc(-c2cnc3[nH]c4ccc(CS(=O)(=O)c5ccccc5)cc4c3c2C2=CC=CCC2)cc1. The highest BCUT2D eigenvalue weighted by atomic mass is 32.2. The number of anilines is 1. The molecule has 10 heteroatoms. The second-order valence-electron chi connectivity index (χ2n) is 12.4. The summed E-state index contributed by atoms with van der Waals surface area (Å²) in [6.07, 6.45) is 13.6. The number of rotatable bonds is 10. The van der Waals surface area contributed by atoms with Crippen LogP contribution in [0.25, 0.3) is 38.6 Å². The Labute approximate surface area is 276 Å². The Balaban J connectivity index is 1.31. The van der Waals surface area contributed by atoms with Crippen LogP contribution in [0.5, 0.6) is 0 Å². The van der Waals surface area contributed by atoms with Gasteiger partial charge in [-0.05, 0) is 97.4 Å². The van der Waals surface area contributed by atoms with Crippen molar-refractivity contribution in [2.75, 3.05) is 36.7 Å². The van der Waals surface area contributed by atoms with Crippen LogP contribution in [0.3, 0.4) is 0 Å². The van der Waals surface area contributed by atoms with Gasteiger partial charge in [0.1, 0.15) is 5.65 Å². The lowest BCUT2D eigenvalue weighted by atomic mass is 9.88. The zero-order valence-electron chi connectivity index (χ0n) is 26.4. The predicted octanol–water partition coefficient (Wildman–Crippen LogP) is 6.95. The van der Waals surface area contributed by atoms with Crippen molar-refractivity contribution in [1.29, 1.82) is 0 Å². The first kappa shape index (κ1) is 31.4. The second-order valence-corrected chi connectivity index (χ2v) is 16.3. The topological polar surface area (TPSA) is 103 Å². The number of aromatic amines is 1. The monoisotopic (exact) mass is 666 g/mol. The smallest absolute Gasteiger partial charge is 0.232 e. The Hall–Kier alpha value is -4.25. The minimum atomic E-state index is -3.53. The van der Waals surface area contributed by atoms with Crippen molar-refractivity contribution in [3.8, 4) is 11.1 Å². The van der Waals surface area contributed by atoms with Gasteiger partial charge in [-0.3, -0.25) is 4.31 Å². The quantitative estimate of drug-likeness (QED) is 0.173. The first-order valence-corrected chi connectivity index (χ1v) is 19.6. The predicted molar refractivity (Wildman–Crippen MR) is 191 cm³/mol. The van der Waals surface area contributed by atoms with Gasteiger partial charge in [0.2, 0.25) is 10.0 Å². The summed E-state index contributed by atoms with van der Waals surface area (Å²) in [5.41, 5.74) is 7.06. The minimum Gasteiger partial charge on any atom is -0.339 e. The van der Waals surface area contributed by atoms with E-state index in [1.54, 1.807) is 24.3 Å². The lowest BCUT2D eigenvalue weighted by Gasteiger charge is -2.25. The largest absolute Gasteiger partial charge is 0.339 e. The number of fused-ring (bicyclic) bond motifs is 3. The first-order valence-electron chi connectivity index (χ1n) is 16.1. The number of benzene rings is 3. The molecule has 0 atom stereocenters. The van der Waals surface area contributed by atoms with Gasteiger partial charge in [0.25, 0.3) is 0 Å². The van der Waals surface area contributed by atoms with Crippen molar-refractivity contribution < 1.29 is 16.8 Å². The summed E-state index contributed by atoms with van der Waals surface area (Å²) in [4.78, 5) is 10.9. The molecule has 1 N–H and O–H groups in total. The van der Waals surface area contributed by atoms with Crippen LogP contribution in [0.4, 0.5) is 5.69 Å². The van der Waals surface area contributed by atoms with E-state index in [9.17, 15) is 16.8 Å². The summed E-state index contributed by atoms with van der Waals surface area (Å²) in [6.45, 7) is 3.14. The first-order chi connectivity index (χ1) is 22.7. The number of sulfone groups is 1. The number of hydrogen-bond donors (Lipinski definition) is 1. The van der Waals surface area contributed by atoms with Crippen molar-refractivity contribution in [2.24, 2.45) is 0 Å². The maximum atomic E-state index is 13.3. The number of sulfonamides is 1. The van der Waals surface area contributed by atoms with E-state index in [1.807, 2.05) is 54.7 Å². The van der Waals surface area contributed by atoms with Crippen LogP contribution in [0.1, 0.15) is 36.8 Å². The van der Waals surface area contributed by atoms with E-state index in [1.165, 1.54) is 16.1 Å². The summed E-state index contributed by atoms with van der Waals surface area (Å²) in [5.74, 6) is -0.108. The van der Waals surface area contributed by atoms with Gasteiger partial charge in [-0.1, -0.05) is 54.6 Å². The molecule has 0 saturated carbocycles. The maximum Gasteiger partial charge on any atom is 0.232 e. The molecule has 1 fully saturated rings. The Morgan fingerprint density at radius 3 is 2.40 bits per heavy atom. The van der Waals surface area contributed by atoms with Crippen molar-refractivity contribution in [3.63, 3.8) is 0 Å². The second kappa shape index (κ2) is 12.7. The molecule has 47 heavy (non-hydrogen) atoms. The van der Waals surface area contributed by atoms with E-state index in [2.05, 4.69) is 28.1 Å². The van der Waals surface area contributed by atoms with Crippen LogP contribution >= 0.6 is 0 Å². The fourth-order valence-electron chi connectivity index (χ4n) is 6.82. The molecule has 2 aromatic heterocycles. The zero-order valence-corrected chi connectivity index (χ0v) is 28.0. The van der Waals surface area contributed by atoms with Gasteiger partial charge in [-0.25, -0.2) is 21.8 Å². The van der Waals surface area contributed by atoms with Crippen LogP contribution in [0.15, 0.2) is 102 Å². The average Bonchev–Trinajstić information content (AvgIpc) is 3.73. The number of allylic oxidation sites excluding steroid dienone is 4. The van der Waals surface area contributed by atoms with Crippen molar-refractivity contribution in [3.05, 3.63) is 108 Å². The average molecular weight is 667 g/mol. The van der Waals surface area contributed by atoms with E-state index < -0.39 is 19.9 Å². The fourth-order valence-corrected chi connectivity index (χ4v) is 9.09. The zero-order chi connectivity index (χ0) is 32.6. The Morgan fingerprint density at radius 1 is 0.936 bits per heavy atom. The molecule has 0 unspecified atom stereocenters. The molecule has 2 aliphatic rings. The van der Waals surface area contributed by atoms with Gasteiger partial charge in [-0.2, -0.15) is 0 Å². The third-order valence-electron chi connectivity index (χ3n) is 9.16. The van der Waals surface area contributed by atoms with Crippen LogP contribution in [0, 0.1) is 0 Å². The normalized spacial score (nSPS) is 15.8. The molecule has 0 bridgehead atoms. The summed E-state index contributed by atoms with van der Waals surface area (Å²) in [6, 6.07) is 22.0. The number of aromatic nitrogens is 2. The van der Waals surface area contributed by atoms with E-state index in [0.717, 1.165) is 77.4 Å². The van der Waals surface area contributed by atoms with Crippen LogP contribution in [0.2, 0.25) is 0 Å². The number of pyridine rings is 1. The Morgan fingerprint density at radius 2 is 1.70 bits per heavy atom. The third kappa shape index (κ3) is 6.50. The lowest BCUT2D eigenvalue weighted by Crippen LogP contribution is -2.37. The van der Waals surface area contributed by atoms with E-state index in [0.29, 0.717) is 29.2 Å². The fraction of sp³-hybridized carbons (Fsp3) is 0.270. The number of hydrogen-bond acceptors (Lipinski definition) is 6. The molecule has 8 nitrogen and oxygen atoms in total. The van der Waals surface area contributed by atoms with E-state index in [4.69, 9.17) is 4.98 Å². The van der Waals surface area contributed by atoms with Crippen molar-refractivity contribution in [2.45, 2.75) is 36.3 Å². The molecule has 0 radical (unpaired) electrons. The van der Waals surface area contributed by atoms with Gasteiger partial charge in [0.15, 0.2) is 9.84 Å². The summed E-state index contributed by atoms with van der Waals surface area (Å²) >= 11 is 0. The van der Waals surface area contributed by atoms with Crippen molar-refractivity contribution >= 4 is 53.1 Å². The third-order valence-corrected chi connectivity index (χ3v) is 12.1. The molecule has 5 aromatic rings. The molecule has 1 saturated heterocycles. The summed E-state index contributed by atoms with van der Waals surface area (Å²) in [5, 5.41) is 1.87. The highest BCUT2D eigenvalue weighted by Gasteiger charge is 2.23. The van der Waals surface area contributed by atoms with E-state index >= 15 is 0 Å². The van der Waals surface area contributed by atoms with Gasteiger partial charge >= 0.3 is 0 Å². The van der Waals surface area contributed by atoms with Gasteiger partial charge < -0.3 is 9.88 Å². The van der Waals surface area contributed by atoms with Gasteiger partial charge in [-0.15, -0.1) is 0 Å². The lowest BCUT2D eigenvalue weighted by molar-refractivity contribution is 0.349. The molecular weight excluding hydrogens is 629 g/mol. The number of likely N-dealkylation sites (tertiary alicyclic amines) is 1. The summed E-state index contributed by atoms with van der Waals surface area (Å²) in [7, 11) is -6.99. The Kier molecular flexibility index (Phi) is 8.50. The minimum absolute atomic E-state index is 0.108. The highest BCUT2D eigenvalue weighted by molar-refractivity contribution is 7.92. The molecule has 1 aliphatic heterocycles. The molecule has 3 aromatic carbocycles. The molecule has 242 valence electrons. The molecule has 3 heterocycles. The molecule has 7 rings (SSSR count). The van der Waals surface area contributed by atoms with Crippen LogP contribution in [-0.2, 0) is 25.6 Å². The molecule has 0 spiro atoms. The molecule has 1 aliphatic carbocycles. The van der Waals surface area contributed by atoms with Gasteiger partial charge in [0.05, 0.1) is 22.6 Å². The van der Waals surface area contributed by atoms with Crippen LogP contribution < -0.4 is 4.31 Å². The molecular formula is C37H38N4O4S2. The number of H-pyrrole nitrogens is 1. The van der Waals surface area contributed by atoms with E-state index in [-0.39, 0.29) is 5.75 Å². The molecule has 0 amide bonds. The highest BCUT2D eigenvalue weighted by Crippen LogP contribution is 2.41. The van der Waals surface area contributed by atoms with Crippen LogP contribution in [-0.4, -0.2) is 64.1 Å². The van der Waals surface area contributed by atoms with Crippen molar-refractivity contribution in [1.82, 2.24) is 14.9 Å². The maximum absolute atomic E-state index is 13.3. The van der Waals surface area contributed by atoms with Gasteiger partial charge in [0, 0.05) is 41.1 Å².